The van der Waals surface area contributed by atoms with Crippen LogP contribution in [-0.4, -0.2) is 31.1 Å². The summed E-state index contributed by atoms with van der Waals surface area (Å²) in [4.78, 5) is 13.7. The molecular weight excluding hydrogens is 238 g/mol. The van der Waals surface area contributed by atoms with E-state index >= 15 is 0 Å². The van der Waals surface area contributed by atoms with Crippen LogP contribution in [0.25, 0.3) is 0 Å². The van der Waals surface area contributed by atoms with E-state index in [1.165, 1.54) is 38.0 Å². The summed E-state index contributed by atoms with van der Waals surface area (Å²) in [5.41, 5.74) is 1.23. The van der Waals surface area contributed by atoms with Gasteiger partial charge >= 0.3 is 5.97 Å². The Balaban J connectivity index is 2.17. The standard InChI is InChI=1S/C16H21NO2/c1-19-16(18)11-10-15(14-8-4-2-5-9-14)17-12-6-3-7-13-17/h2,4-5,8-11,15H,3,6-7,12-13H2,1H3/b11-10+/t15-/m1/s1. The molecule has 1 saturated heterocycles. The minimum absolute atomic E-state index is 0.167. The molecule has 0 radical (unpaired) electrons. The van der Waals surface area contributed by atoms with E-state index < -0.39 is 0 Å². The fraction of sp³-hybridized carbons (Fsp3) is 0.438. The fourth-order valence-electron chi connectivity index (χ4n) is 2.53. The first-order valence-corrected chi connectivity index (χ1v) is 6.86. The number of nitrogens with zero attached hydrogens (tertiary/aromatic N) is 1. The lowest BCUT2D eigenvalue weighted by molar-refractivity contribution is -0.134. The number of methoxy groups -OCH3 is 1. The third-order valence-electron chi connectivity index (χ3n) is 3.54. The Morgan fingerprint density at radius 3 is 2.53 bits per heavy atom. The number of likely N-dealkylation sites (tertiary alicyclic amines) is 1. The molecule has 0 unspecified atom stereocenters. The molecular formula is C16H21NO2. The van der Waals surface area contributed by atoms with Crippen LogP contribution in [0.1, 0.15) is 30.9 Å². The van der Waals surface area contributed by atoms with Crippen LogP contribution >= 0.6 is 0 Å². The van der Waals surface area contributed by atoms with E-state index in [0.29, 0.717) is 0 Å². The number of hydrogen-bond donors (Lipinski definition) is 0. The van der Waals surface area contributed by atoms with E-state index in [0.717, 1.165) is 13.1 Å². The number of carbonyl (C=O) groups is 1. The second-order valence-corrected chi connectivity index (χ2v) is 4.83. The number of carbonyl (C=O) groups excluding carboxylic acids is 1. The molecule has 19 heavy (non-hydrogen) atoms. The average molecular weight is 259 g/mol. The largest absolute Gasteiger partial charge is 0.466 e. The van der Waals surface area contributed by atoms with Crippen LogP contribution in [0, 0.1) is 0 Å². The van der Waals surface area contributed by atoms with Gasteiger partial charge in [-0.2, -0.15) is 0 Å². The highest BCUT2D eigenvalue weighted by Crippen LogP contribution is 2.25. The molecule has 0 bridgehead atoms. The maximum atomic E-state index is 11.3. The predicted octanol–water partition coefficient (Wildman–Crippen LogP) is 2.94. The van der Waals surface area contributed by atoms with Crippen LogP contribution in [0.5, 0.6) is 0 Å². The van der Waals surface area contributed by atoms with Crippen LogP contribution in [0.2, 0.25) is 0 Å². The van der Waals surface area contributed by atoms with Gasteiger partial charge in [-0.05, 0) is 31.5 Å². The van der Waals surface area contributed by atoms with Gasteiger partial charge in [0.25, 0.3) is 0 Å². The maximum Gasteiger partial charge on any atom is 0.330 e. The van der Waals surface area contributed by atoms with Gasteiger partial charge < -0.3 is 4.74 Å². The summed E-state index contributed by atoms with van der Waals surface area (Å²) in [5, 5.41) is 0. The van der Waals surface area contributed by atoms with Gasteiger partial charge in [-0.15, -0.1) is 0 Å². The second-order valence-electron chi connectivity index (χ2n) is 4.83. The molecule has 0 aliphatic carbocycles. The van der Waals surface area contributed by atoms with E-state index in [2.05, 4.69) is 21.8 Å². The summed E-state index contributed by atoms with van der Waals surface area (Å²) in [6.45, 7) is 2.18. The number of ether oxygens (including phenoxy) is 1. The Morgan fingerprint density at radius 2 is 1.89 bits per heavy atom. The monoisotopic (exact) mass is 259 g/mol. The maximum absolute atomic E-state index is 11.3. The first kappa shape index (κ1) is 13.8. The Bertz CT molecular complexity index is 422. The van der Waals surface area contributed by atoms with Gasteiger partial charge in [0.05, 0.1) is 13.2 Å². The lowest BCUT2D eigenvalue weighted by Crippen LogP contribution is -2.33. The zero-order chi connectivity index (χ0) is 13.5. The Hall–Kier alpha value is -1.61. The molecule has 1 heterocycles. The third-order valence-corrected chi connectivity index (χ3v) is 3.54. The summed E-state index contributed by atoms with van der Waals surface area (Å²) in [5.74, 6) is -0.294. The Labute approximate surface area is 114 Å². The average Bonchev–Trinajstić information content (AvgIpc) is 2.49. The number of piperidine rings is 1. The van der Waals surface area contributed by atoms with Crippen molar-refractivity contribution < 1.29 is 9.53 Å². The molecule has 0 N–H and O–H groups in total. The van der Waals surface area contributed by atoms with Gasteiger partial charge in [0.15, 0.2) is 0 Å². The summed E-state index contributed by atoms with van der Waals surface area (Å²) in [6.07, 6.45) is 7.25. The van der Waals surface area contributed by atoms with Crippen molar-refractivity contribution in [3.05, 3.63) is 48.0 Å². The highest BCUT2D eigenvalue weighted by atomic mass is 16.5. The van der Waals surface area contributed by atoms with Gasteiger partial charge in [0, 0.05) is 6.08 Å². The van der Waals surface area contributed by atoms with Crippen molar-refractivity contribution in [2.24, 2.45) is 0 Å². The van der Waals surface area contributed by atoms with E-state index in [1.807, 2.05) is 24.3 Å². The molecule has 0 amide bonds. The van der Waals surface area contributed by atoms with Crippen molar-refractivity contribution >= 4 is 5.97 Å². The van der Waals surface area contributed by atoms with Gasteiger partial charge in [-0.25, -0.2) is 4.79 Å². The molecule has 1 aromatic carbocycles. The highest BCUT2D eigenvalue weighted by Gasteiger charge is 2.19. The predicted molar refractivity (Wildman–Crippen MR) is 75.8 cm³/mol. The van der Waals surface area contributed by atoms with E-state index in [4.69, 9.17) is 0 Å². The lowest BCUT2D eigenvalue weighted by Gasteiger charge is -2.33. The van der Waals surface area contributed by atoms with Gasteiger partial charge in [0.1, 0.15) is 0 Å². The summed E-state index contributed by atoms with van der Waals surface area (Å²) >= 11 is 0. The molecule has 1 aromatic rings. The van der Waals surface area contributed by atoms with E-state index in [9.17, 15) is 4.79 Å². The molecule has 0 spiro atoms. The number of esters is 1. The van der Waals surface area contributed by atoms with E-state index in [1.54, 1.807) is 0 Å². The van der Waals surface area contributed by atoms with Crippen molar-refractivity contribution in [2.75, 3.05) is 20.2 Å². The highest BCUT2D eigenvalue weighted by molar-refractivity contribution is 5.81. The van der Waals surface area contributed by atoms with Crippen LogP contribution in [0.15, 0.2) is 42.5 Å². The van der Waals surface area contributed by atoms with Crippen molar-refractivity contribution in [3.63, 3.8) is 0 Å². The Kier molecular flexibility index (Phi) is 5.16. The molecule has 0 aromatic heterocycles. The molecule has 0 saturated carbocycles. The third kappa shape index (κ3) is 3.93. The van der Waals surface area contributed by atoms with Crippen molar-refractivity contribution in [3.8, 4) is 0 Å². The fourth-order valence-corrected chi connectivity index (χ4v) is 2.53. The van der Waals surface area contributed by atoms with Crippen molar-refractivity contribution in [2.45, 2.75) is 25.3 Å². The summed E-state index contributed by atoms with van der Waals surface area (Å²) < 4.78 is 4.68. The molecule has 102 valence electrons. The zero-order valence-corrected chi connectivity index (χ0v) is 11.4. The summed E-state index contributed by atoms with van der Waals surface area (Å²) in [6, 6.07) is 10.5. The molecule has 1 aliphatic heterocycles. The normalized spacial score (nSPS) is 18.4. The van der Waals surface area contributed by atoms with Gasteiger partial charge in [-0.3, -0.25) is 4.90 Å². The van der Waals surface area contributed by atoms with E-state index in [-0.39, 0.29) is 12.0 Å². The van der Waals surface area contributed by atoms with Crippen molar-refractivity contribution in [1.82, 2.24) is 4.90 Å². The minimum Gasteiger partial charge on any atom is -0.466 e. The first-order valence-electron chi connectivity index (χ1n) is 6.86. The molecule has 3 nitrogen and oxygen atoms in total. The smallest absolute Gasteiger partial charge is 0.330 e. The van der Waals surface area contributed by atoms with Crippen LogP contribution in [-0.2, 0) is 9.53 Å². The van der Waals surface area contributed by atoms with Crippen LogP contribution in [0.4, 0.5) is 0 Å². The van der Waals surface area contributed by atoms with Crippen LogP contribution < -0.4 is 0 Å². The first-order chi connectivity index (χ1) is 9.31. The quantitative estimate of drug-likeness (QED) is 0.615. The summed E-state index contributed by atoms with van der Waals surface area (Å²) in [7, 11) is 1.41. The SMILES string of the molecule is COC(=O)/C=C/[C@H](c1ccccc1)N1CCCCC1. The van der Waals surface area contributed by atoms with Gasteiger partial charge in [0.2, 0.25) is 0 Å². The zero-order valence-electron chi connectivity index (χ0n) is 11.4. The molecule has 1 atom stereocenters. The number of rotatable bonds is 4. The lowest BCUT2D eigenvalue weighted by atomic mass is 10.0. The molecule has 1 fully saturated rings. The number of hydrogen-bond acceptors (Lipinski definition) is 3. The number of benzene rings is 1. The Morgan fingerprint density at radius 1 is 1.21 bits per heavy atom. The van der Waals surface area contributed by atoms with Crippen molar-refractivity contribution in [1.29, 1.82) is 0 Å². The minimum atomic E-state index is -0.294. The molecule has 3 heteroatoms. The van der Waals surface area contributed by atoms with Gasteiger partial charge in [-0.1, -0.05) is 42.8 Å². The molecule has 1 aliphatic rings. The molecule has 2 rings (SSSR count). The second kappa shape index (κ2) is 7.10. The topological polar surface area (TPSA) is 29.5 Å². The van der Waals surface area contributed by atoms with Crippen LogP contribution in [0.3, 0.4) is 0 Å².